The summed E-state index contributed by atoms with van der Waals surface area (Å²) in [5, 5.41) is 2.88. The molecule has 0 atom stereocenters. The zero-order valence-electron chi connectivity index (χ0n) is 20.5. The lowest BCUT2D eigenvalue weighted by Crippen LogP contribution is -2.36. The third kappa shape index (κ3) is 5.72. The van der Waals surface area contributed by atoms with Crippen LogP contribution in [-0.4, -0.2) is 47.0 Å². The van der Waals surface area contributed by atoms with Crippen LogP contribution in [0.25, 0.3) is 16.9 Å². The molecule has 0 unspecified atom stereocenters. The van der Waals surface area contributed by atoms with Gasteiger partial charge in [-0.2, -0.15) is 0 Å². The number of methoxy groups -OCH3 is 2. The number of rotatable bonds is 9. The van der Waals surface area contributed by atoms with Gasteiger partial charge >= 0.3 is 0 Å². The number of aromatic nitrogens is 2. The summed E-state index contributed by atoms with van der Waals surface area (Å²) in [6, 6.07) is 24.7. The lowest BCUT2D eigenvalue weighted by atomic mass is 10.2. The Morgan fingerprint density at radius 1 is 0.917 bits per heavy atom. The lowest BCUT2D eigenvalue weighted by molar-refractivity contribution is -0.133. The van der Waals surface area contributed by atoms with Crippen molar-refractivity contribution < 1.29 is 19.1 Å². The summed E-state index contributed by atoms with van der Waals surface area (Å²) in [6.07, 6.45) is 1.85. The molecular weight excluding hydrogens is 456 g/mol. The van der Waals surface area contributed by atoms with E-state index >= 15 is 0 Å². The Balaban J connectivity index is 1.64. The van der Waals surface area contributed by atoms with Crippen molar-refractivity contribution in [3.63, 3.8) is 0 Å². The molecule has 0 fully saturated rings. The number of nitrogens with zero attached hydrogens (tertiary/aromatic N) is 3. The summed E-state index contributed by atoms with van der Waals surface area (Å²) < 4.78 is 12.6. The van der Waals surface area contributed by atoms with E-state index in [-0.39, 0.29) is 18.4 Å². The van der Waals surface area contributed by atoms with E-state index in [9.17, 15) is 9.59 Å². The fraction of sp³-hybridized carbons (Fsp3) is 0.179. The number of imidazole rings is 1. The molecule has 4 aromatic rings. The van der Waals surface area contributed by atoms with Crippen LogP contribution in [0.5, 0.6) is 11.5 Å². The van der Waals surface area contributed by atoms with E-state index in [1.54, 1.807) is 24.9 Å². The molecule has 0 saturated carbocycles. The van der Waals surface area contributed by atoms with Crippen LogP contribution in [-0.2, 0) is 16.1 Å². The van der Waals surface area contributed by atoms with E-state index < -0.39 is 0 Å². The van der Waals surface area contributed by atoms with Crippen LogP contribution in [0.4, 0.5) is 5.95 Å². The van der Waals surface area contributed by atoms with Crippen molar-refractivity contribution in [1.82, 2.24) is 14.5 Å². The Hall–Kier alpha value is -4.59. The SMILES string of the molecule is COc1ccc(-n2cc(-c3ccccc3)nc2NC(=O)CN(Cc2ccccc2)C(C)=O)cc1OC. The molecule has 2 amide bonds. The van der Waals surface area contributed by atoms with Crippen molar-refractivity contribution in [1.29, 1.82) is 0 Å². The van der Waals surface area contributed by atoms with Crippen molar-refractivity contribution in [2.45, 2.75) is 13.5 Å². The zero-order chi connectivity index (χ0) is 25.5. The highest BCUT2D eigenvalue weighted by Gasteiger charge is 2.19. The molecule has 0 saturated heterocycles. The first-order chi connectivity index (χ1) is 17.5. The summed E-state index contributed by atoms with van der Waals surface area (Å²) in [5.41, 5.74) is 3.26. The average molecular weight is 485 g/mol. The van der Waals surface area contributed by atoms with Crippen LogP contribution in [0.2, 0.25) is 0 Å². The van der Waals surface area contributed by atoms with Crippen LogP contribution in [0.15, 0.2) is 85.1 Å². The van der Waals surface area contributed by atoms with E-state index in [4.69, 9.17) is 9.47 Å². The van der Waals surface area contributed by atoms with Crippen LogP contribution < -0.4 is 14.8 Å². The summed E-state index contributed by atoms with van der Waals surface area (Å²) in [5.74, 6) is 0.922. The van der Waals surface area contributed by atoms with Crippen molar-refractivity contribution in [3.05, 3.63) is 90.6 Å². The molecule has 8 heteroatoms. The zero-order valence-corrected chi connectivity index (χ0v) is 20.5. The maximum absolute atomic E-state index is 13.1. The highest BCUT2D eigenvalue weighted by Crippen LogP contribution is 2.31. The van der Waals surface area contributed by atoms with Gasteiger partial charge < -0.3 is 14.4 Å². The molecule has 184 valence electrons. The predicted molar refractivity (Wildman–Crippen MR) is 138 cm³/mol. The largest absolute Gasteiger partial charge is 0.493 e. The van der Waals surface area contributed by atoms with E-state index in [0.717, 1.165) is 16.8 Å². The van der Waals surface area contributed by atoms with E-state index in [0.29, 0.717) is 29.7 Å². The van der Waals surface area contributed by atoms with Crippen LogP contribution in [0.3, 0.4) is 0 Å². The summed E-state index contributed by atoms with van der Waals surface area (Å²) in [7, 11) is 3.14. The number of nitrogens with one attached hydrogen (secondary N) is 1. The maximum Gasteiger partial charge on any atom is 0.246 e. The highest BCUT2D eigenvalue weighted by molar-refractivity contribution is 5.93. The molecule has 0 aliphatic heterocycles. The van der Waals surface area contributed by atoms with Crippen LogP contribution >= 0.6 is 0 Å². The first-order valence-corrected chi connectivity index (χ1v) is 11.4. The lowest BCUT2D eigenvalue weighted by Gasteiger charge is -2.20. The summed E-state index contributed by atoms with van der Waals surface area (Å²) >= 11 is 0. The average Bonchev–Trinajstić information content (AvgIpc) is 3.32. The van der Waals surface area contributed by atoms with Gasteiger partial charge in [0.15, 0.2) is 11.5 Å². The number of amides is 2. The van der Waals surface area contributed by atoms with E-state index in [2.05, 4.69) is 10.3 Å². The highest BCUT2D eigenvalue weighted by atomic mass is 16.5. The first kappa shape index (κ1) is 24.5. The second kappa shape index (κ2) is 11.2. The quantitative estimate of drug-likeness (QED) is 0.377. The van der Waals surface area contributed by atoms with E-state index in [1.165, 1.54) is 11.8 Å². The Labute approximate surface area is 210 Å². The normalized spacial score (nSPS) is 10.5. The van der Waals surface area contributed by atoms with Crippen molar-refractivity contribution in [2.24, 2.45) is 0 Å². The molecule has 3 aromatic carbocycles. The molecule has 1 aromatic heterocycles. The Morgan fingerprint density at radius 2 is 1.58 bits per heavy atom. The molecule has 1 N–H and O–H groups in total. The van der Waals surface area contributed by atoms with Gasteiger partial charge in [0, 0.05) is 31.3 Å². The van der Waals surface area contributed by atoms with Crippen LogP contribution in [0.1, 0.15) is 12.5 Å². The van der Waals surface area contributed by atoms with Gasteiger partial charge in [0.2, 0.25) is 17.8 Å². The van der Waals surface area contributed by atoms with Gasteiger partial charge in [-0.05, 0) is 17.7 Å². The number of carbonyl (C=O) groups excluding carboxylic acids is 2. The summed E-state index contributed by atoms with van der Waals surface area (Å²) in [6.45, 7) is 1.68. The minimum atomic E-state index is -0.354. The molecule has 36 heavy (non-hydrogen) atoms. The standard InChI is InChI=1S/C28H28N4O4/c1-20(33)31(17-21-10-6-4-7-11-21)19-27(34)30-28-29-24(22-12-8-5-9-13-22)18-32(28)23-14-15-25(35-2)26(16-23)36-3/h4-16,18H,17,19H2,1-3H3,(H,29,30,34). The van der Waals surface area contributed by atoms with Gasteiger partial charge in [0.25, 0.3) is 0 Å². The fourth-order valence-corrected chi connectivity index (χ4v) is 3.81. The van der Waals surface area contributed by atoms with Gasteiger partial charge in [0.05, 0.1) is 25.6 Å². The van der Waals surface area contributed by atoms with Gasteiger partial charge in [-0.3, -0.25) is 19.5 Å². The molecular formula is C28H28N4O4. The third-order valence-corrected chi connectivity index (χ3v) is 5.67. The smallest absolute Gasteiger partial charge is 0.246 e. The topological polar surface area (TPSA) is 85.7 Å². The van der Waals surface area contributed by atoms with Crippen LogP contribution in [0, 0.1) is 0 Å². The summed E-state index contributed by atoms with van der Waals surface area (Å²) in [4.78, 5) is 31.5. The molecule has 0 aliphatic carbocycles. The van der Waals surface area contributed by atoms with E-state index in [1.807, 2.05) is 79.0 Å². The van der Waals surface area contributed by atoms with Gasteiger partial charge in [-0.15, -0.1) is 0 Å². The Kier molecular flexibility index (Phi) is 7.65. The van der Waals surface area contributed by atoms with Crippen molar-refractivity contribution >= 4 is 17.8 Å². The second-order valence-corrected chi connectivity index (χ2v) is 8.13. The predicted octanol–water partition coefficient (Wildman–Crippen LogP) is 4.54. The Morgan fingerprint density at radius 3 is 2.22 bits per heavy atom. The number of anilines is 1. The van der Waals surface area contributed by atoms with Gasteiger partial charge in [-0.1, -0.05) is 60.7 Å². The minimum Gasteiger partial charge on any atom is -0.493 e. The Bertz CT molecular complexity index is 1340. The third-order valence-electron chi connectivity index (χ3n) is 5.67. The fourth-order valence-electron chi connectivity index (χ4n) is 3.81. The molecule has 8 nitrogen and oxygen atoms in total. The molecule has 0 radical (unpaired) electrons. The van der Waals surface area contributed by atoms with Crippen molar-refractivity contribution in [2.75, 3.05) is 26.1 Å². The minimum absolute atomic E-state index is 0.107. The molecule has 0 spiro atoms. The maximum atomic E-state index is 13.1. The number of hydrogen-bond donors (Lipinski definition) is 1. The number of benzene rings is 3. The number of ether oxygens (including phenoxy) is 2. The monoisotopic (exact) mass is 484 g/mol. The van der Waals surface area contributed by atoms with Gasteiger partial charge in [-0.25, -0.2) is 4.98 Å². The molecule has 0 bridgehead atoms. The number of hydrogen-bond acceptors (Lipinski definition) is 5. The number of carbonyl (C=O) groups is 2. The molecule has 0 aliphatic rings. The van der Waals surface area contributed by atoms with Gasteiger partial charge in [0.1, 0.15) is 6.54 Å². The molecule has 4 rings (SSSR count). The second-order valence-electron chi connectivity index (χ2n) is 8.13. The molecule has 1 heterocycles. The first-order valence-electron chi connectivity index (χ1n) is 11.4. The van der Waals surface area contributed by atoms with Crippen molar-refractivity contribution in [3.8, 4) is 28.4 Å².